The fourth-order valence-corrected chi connectivity index (χ4v) is 3.53. The molecule has 0 aliphatic carbocycles. The zero-order valence-corrected chi connectivity index (χ0v) is 16.0. The minimum absolute atomic E-state index is 0.176. The Kier molecular flexibility index (Phi) is 5.75. The summed E-state index contributed by atoms with van der Waals surface area (Å²) in [5, 5.41) is 0. The summed E-state index contributed by atoms with van der Waals surface area (Å²) in [6.45, 7) is -1.11. The van der Waals surface area contributed by atoms with E-state index in [9.17, 15) is 18.8 Å². The summed E-state index contributed by atoms with van der Waals surface area (Å²) in [5.41, 5.74) is -1.36. The van der Waals surface area contributed by atoms with E-state index in [1.165, 1.54) is 12.1 Å². The summed E-state index contributed by atoms with van der Waals surface area (Å²) in [6.07, 6.45) is -1.87. The molecule has 2 aromatic rings. The Balaban J connectivity index is 1.95. The van der Waals surface area contributed by atoms with Gasteiger partial charge in [0.1, 0.15) is 6.67 Å². The average Bonchev–Trinajstić information content (AvgIpc) is 2.94. The van der Waals surface area contributed by atoms with Crippen molar-refractivity contribution in [2.24, 2.45) is 5.92 Å². The third-order valence-corrected chi connectivity index (χ3v) is 5.27. The molecule has 0 amide bonds. The second-order valence-electron chi connectivity index (χ2n) is 5.96. The van der Waals surface area contributed by atoms with E-state index >= 15 is 4.39 Å². The molecule has 3 rings (SSSR count). The predicted octanol–water partition coefficient (Wildman–Crippen LogP) is 1.98. The number of nitrogens with one attached hydrogen (secondary N) is 1. The van der Waals surface area contributed by atoms with Crippen LogP contribution in [0.15, 0.2) is 52.2 Å². The Morgan fingerprint density at radius 2 is 2.00 bits per heavy atom. The number of halogens is 3. The van der Waals surface area contributed by atoms with E-state index in [2.05, 4.69) is 0 Å². The minimum Gasteiger partial charge on any atom is -0.452 e. The van der Waals surface area contributed by atoms with Gasteiger partial charge in [0, 0.05) is 12.3 Å². The van der Waals surface area contributed by atoms with Crippen LogP contribution in [0.4, 0.5) is 8.78 Å². The highest BCUT2D eigenvalue weighted by Gasteiger charge is 2.58. The van der Waals surface area contributed by atoms with Gasteiger partial charge in [-0.3, -0.25) is 18.7 Å². The van der Waals surface area contributed by atoms with Gasteiger partial charge in [0.2, 0.25) is 0 Å². The van der Waals surface area contributed by atoms with Crippen LogP contribution in [0.5, 0.6) is 0 Å². The summed E-state index contributed by atoms with van der Waals surface area (Å²) in [7, 11) is 0. The van der Waals surface area contributed by atoms with Gasteiger partial charge in [0.15, 0.2) is 12.3 Å². The number of benzene rings is 1. The molecule has 4 atom stereocenters. The third-order valence-electron chi connectivity index (χ3n) is 4.23. The Morgan fingerprint density at radius 1 is 1.30 bits per heavy atom. The quantitative estimate of drug-likeness (QED) is 0.392. The number of esters is 1. The van der Waals surface area contributed by atoms with Gasteiger partial charge >= 0.3 is 11.7 Å². The van der Waals surface area contributed by atoms with Gasteiger partial charge < -0.3 is 9.47 Å². The second-order valence-corrected chi connectivity index (χ2v) is 6.72. The minimum atomic E-state index is -2.50. The smallest absolute Gasteiger partial charge is 0.338 e. The van der Waals surface area contributed by atoms with Crippen molar-refractivity contribution in [3.05, 3.63) is 69.0 Å². The van der Waals surface area contributed by atoms with E-state index in [0.717, 1.165) is 16.8 Å². The number of H-pyrrole nitrogens is 1. The number of hydrogen-bond donors (Lipinski definition) is 1. The highest BCUT2D eigenvalue weighted by molar-refractivity contribution is 14.1. The van der Waals surface area contributed by atoms with Gasteiger partial charge in [-0.1, -0.05) is 40.8 Å². The molecule has 1 fully saturated rings. The van der Waals surface area contributed by atoms with E-state index < -0.39 is 48.0 Å². The van der Waals surface area contributed by atoms with Crippen LogP contribution < -0.4 is 11.2 Å². The molecule has 0 spiro atoms. The molecule has 1 aromatic heterocycles. The van der Waals surface area contributed by atoms with Crippen molar-refractivity contribution in [3.8, 4) is 0 Å². The monoisotopic (exact) mass is 492 g/mol. The number of carbonyl (C=O) groups excluding carboxylic acids is 1. The molecule has 1 aromatic carbocycles. The molecule has 7 nitrogen and oxygen atoms in total. The largest absolute Gasteiger partial charge is 0.452 e. The molecule has 1 saturated heterocycles. The topological polar surface area (TPSA) is 90.4 Å². The third kappa shape index (κ3) is 3.81. The normalized spacial score (nSPS) is 27.4. The molecule has 0 unspecified atom stereocenters. The maximum absolute atomic E-state index is 15.3. The fraction of sp³-hybridized carbons (Fsp3) is 0.353. The molecule has 0 bridgehead atoms. The number of rotatable bonds is 5. The standard InChI is InChI=1S/C17H15F2IN2O5/c18-8-11-13(26-15(24)10-4-2-1-3-5-10)17(19,9-20)27-14(11)22-7-6-12(23)21-16(22)25/h1-7,11,13-14H,8-9H2,(H,21,23,25)/t11-,13-,14+,17+/m0/s1. The van der Waals surface area contributed by atoms with Crippen LogP contribution in [-0.2, 0) is 9.47 Å². The maximum atomic E-state index is 15.3. The number of carbonyl (C=O) groups is 1. The Labute approximate surface area is 165 Å². The highest BCUT2D eigenvalue weighted by atomic mass is 127. The first-order chi connectivity index (χ1) is 12.9. The lowest BCUT2D eigenvalue weighted by Crippen LogP contribution is -2.42. The summed E-state index contributed by atoms with van der Waals surface area (Å²) in [6, 6.07) is 8.92. The van der Waals surface area contributed by atoms with Crippen LogP contribution in [0.1, 0.15) is 16.6 Å². The predicted molar refractivity (Wildman–Crippen MR) is 99.3 cm³/mol. The molecule has 10 heteroatoms. The van der Waals surface area contributed by atoms with Crippen molar-refractivity contribution in [3.63, 3.8) is 0 Å². The number of alkyl halides is 3. The van der Waals surface area contributed by atoms with Gasteiger partial charge in [0.25, 0.3) is 11.4 Å². The van der Waals surface area contributed by atoms with E-state index in [-0.39, 0.29) is 9.99 Å². The van der Waals surface area contributed by atoms with E-state index in [1.54, 1.807) is 40.8 Å². The molecule has 0 radical (unpaired) electrons. The summed E-state index contributed by atoms with van der Waals surface area (Å²) in [4.78, 5) is 37.6. The van der Waals surface area contributed by atoms with Crippen molar-refractivity contribution >= 4 is 28.6 Å². The summed E-state index contributed by atoms with van der Waals surface area (Å²) < 4.78 is 40.3. The lowest BCUT2D eigenvalue weighted by Gasteiger charge is -2.25. The lowest BCUT2D eigenvalue weighted by atomic mass is 10.00. The van der Waals surface area contributed by atoms with Gasteiger partial charge in [0.05, 0.1) is 15.9 Å². The molecule has 1 N–H and O–H groups in total. The second kappa shape index (κ2) is 7.89. The van der Waals surface area contributed by atoms with Crippen LogP contribution in [0.3, 0.4) is 0 Å². The first kappa shape index (κ1) is 19.7. The molecule has 0 saturated carbocycles. The zero-order valence-electron chi connectivity index (χ0n) is 13.8. The molecule has 1 aliphatic heterocycles. The van der Waals surface area contributed by atoms with Gasteiger partial charge in [-0.25, -0.2) is 14.0 Å². The summed E-state index contributed by atoms with van der Waals surface area (Å²) >= 11 is 1.69. The van der Waals surface area contributed by atoms with Gasteiger partial charge in [-0.05, 0) is 12.1 Å². The summed E-state index contributed by atoms with van der Waals surface area (Å²) in [5.74, 6) is -4.60. The Hall–Kier alpha value is -2.08. The highest BCUT2D eigenvalue weighted by Crippen LogP contribution is 2.45. The lowest BCUT2D eigenvalue weighted by molar-refractivity contribution is -0.170. The average molecular weight is 492 g/mol. The van der Waals surface area contributed by atoms with E-state index in [4.69, 9.17) is 9.47 Å². The maximum Gasteiger partial charge on any atom is 0.338 e. The molecule has 1 aliphatic rings. The molecule has 144 valence electrons. The fourth-order valence-electron chi connectivity index (χ4n) is 2.91. The number of ether oxygens (including phenoxy) is 2. The van der Waals surface area contributed by atoms with Crippen molar-refractivity contribution in [1.82, 2.24) is 9.55 Å². The van der Waals surface area contributed by atoms with Crippen molar-refractivity contribution in [1.29, 1.82) is 0 Å². The molecule has 2 heterocycles. The van der Waals surface area contributed by atoms with E-state index in [0.29, 0.717) is 0 Å². The van der Waals surface area contributed by atoms with E-state index in [1.807, 2.05) is 4.98 Å². The number of aromatic nitrogens is 2. The number of nitrogens with zero attached hydrogens (tertiary/aromatic N) is 1. The molecular formula is C17H15F2IN2O5. The Bertz CT molecular complexity index is 935. The first-order valence-corrected chi connectivity index (χ1v) is 9.48. The van der Waals surface area contributed by atoms with Gasteiger partial charge in [-0.15, -0.1) is 0 Å². The van der Waals surface area contributed by atoms with Crippen LogP contribution >= 0.6 is 22.6 Å². The van der Waals surface area contributed by atoms with Crippen LogP contribution in [0, 0.1) is 5.92 Å². The van der Waals surface area contributed by atoms with Crippen LogP contribution in [0.25, 0.3) is 0 Å². The van der Waals surface area contributed by atoms with Gasteiger partial charge in [-0.2, -0.15) is 0 Å². The van der Waals surface area contributed by atoms with Crippen molar-refractivity contribution < 1.29 is 23.0 Å². The van der Waals surface area contributed by atoms with Crippen LogP contribution in [0.2, 0.25) is 0 Å². The first-order valence-electron chi connectivity index (χ1n) is 7.96. The Morgan fingerprint density at radius 3 is 2.59 bits per heavy atom. The molecule has 27 heavy (non-hydrogen) atoms. The van der Waals surface area contributed by atoms with Crippen molar-refractivity contribution in [2.75, 3.05) is 11.1 Å². The SMILES string of the molecule is O=C(O[C@H]1[C@H](CF)[C@H](n2ccc(=O)[nH]c2=O)O[C@]1(F)CI)c1ccccc1. The zero-order chi connectivity index (χ0) is 19.6. The van der Waals surface area contributed by atoms with Crippen molar-refractivity contribution in [2.45, 2.75) is 18.2 Å². The molecular weight excluding hydrogens is 477 g/mol. The number of hydrogen-bond acceptors (Lipinski definition) is 5. The van der Waals surface area contributed by atoms with Crippen LogP contribution in [-0.4, -0.2) is 38.6 Å². The number of aromatic amines is 1.